The number of anilines is 2. The fourth-order valence-corrected chi connectivity index (χ4v) is 1.41. The number of aryl methyl sites for hydroxylation is 1. The number of imidazole rings is 1. The summed E-state index contributed by atoms with van der Waals surface area (Å²) in [7, 11) is 2.02. The lowest BCUT2D eigenvalue weighted by Crippen LogP contribution is -2.33. The SMILES string of the molecule is Cc1nc(N(C)C(C)C(C)C)c(N)[nH]1. The van der Waals surface area contributed by atoms with Gasteiger partial charge in [0.1, 0.15) is 11.6 Å². The molecule has 0 fully saturated rings. The third-order valence-corrected chi connectivity index (χ3v) is 2.74. The molecule has 0 spiro atoms. The molecule has 0 radical (unpaired) electrons. The van der Waals surface area contributed by atoms with Gasteiger partial charge in [-0.05, 0) is 19.8 Å². The van der Waals surface area contributed by atoms with Crippen molar-refractivity contribution >= 4 is 11.6 Å². The summed E-state index contributed by atoms with van der Waals surface area (Å²) in [6.07, 6.45) is 0. The van der Waals surface area contributed by atoms with Crippen LogP contribution in [0.1, 0.15) is 26.6 Å². The normalized spacial score (nSPS) is 13.3. The van der Waals surface area contributed by atoms with Crippen molar-refractivity contribution < 1.29 is 0 Å². The summed E-state index contributed by atoms with van der Waals surface area (Å²) >= 11 is 0. The quantitative estimate of drug-likeness (QED) is 0.774. The van der Waals surface area contributed by atoms with Crippen LogP contribution in [0.4, 0.5) is 11.6 Å². The highest BCUT2D eigenvalue weighted by Crippen LogP contribution is 2.22. The minimum Gasteiger partial charge on any atom is -0.382 e. The molecule has 4 nitrogen and oxygen atoms in total. The van der Waals surface area contributed by atoms with Gasteiger partial charge in [0.25, 0.3) is 0 Å². The van der Waals surface area contributed by atoms with Crippen LogP contribution in [0.2, 0.25) is 0 Å². The van der Waals surface area contributed by atoms with Crippen LogP contribution < -0.4 is 10.6 Å². The first-order chi connectivity index (χ1) is 6.43. The van der Waals surface area contributed by atoms with Crippen molar-refractivity contribution in [3.63, 3.8) is 0 Å². The maximum atomic E-state index is 5.82. The van der Waals surface area contributed by atoms with Gasteiger partial charge in [-0.3, -0.25) is 0 Å². The van der Waals surface area contributed by atoms with E-state index in [1.165, 1.54) is 0 Å². The highest BCUT2D eigenvalue weighted by Gasteiger charge is 2.18. The highest BCUT2D eigenvalue weighted by molar-refractivity contribution is 5.59. The average Bonchev–Trinajstić information content (AvgIpc) is 2.42. The van der Waals surface area contributed by atoms with E-state index in [1.54, 1.807) is 0 Å². The molecule has 0 amide bonds. The number of rotatable bonds is 3. The first-order valence-electron chi connectivity index (χ1n) is 4.98. The Bertz CT molecular complexity index is 303. The predicted octanol–water partition coefficient (Wildman–Crippen LogP) is 1.78. The molecule has 0 aliphatic heterocycles. The van der Waals surface area contributed by atoms with E-state index in [4.69, 9.17) is 5.73 Å². The van der Waals surface area contributed by atoms with Crippen molar-refractivity contribution in [2.45, 2.75) is 33.7 Å². The third-order valence-electron chi connectivity index (χ3n) is 2.74. The van der Waals surface area contributed by atoms with E-state index < -0.39 is 0 Å². The van der Waals surface area contributed by atoms with Crippen molar-refractivity contribution in [2.24, 2.45) is 5.92 Å². The minimum atomic E-state index is 0.431. The average molecular weight is 196 g/mol. The number of hydrogen-bond donors (Lipinski definition) is 2. The molecule has 14 heavy (non-hydrogen) atoms. The van der Waals surface area contributed by atoms with Gasteiger partial charge < -0.3 is 15.6 Å². The molecule has 0 bridgehead atoms. The Morgan fingerprint density at radius 1 is 1.36 bits per heavy atom. The molecular weight excluding hydrogens is 176 g/mol. The molecule has 1 atom stereocenters. The molecule has 4 heteroatoms. The van der Waals surface area contributed by atoms with E-state index in [0.29, 0.717) is 17.8 Å². The van der Waals surface area contributed by atoms with E-state index in [0.717, 1.165) is 11.6 Å². The fraction of sp³-hybridized carbons (Fsp3) is 0.700. The van der Waals surface area contributed by atoms with Gasteiger partial charge in [-0.1, -0.05) is 13.8 Å². The topological polar surface area (TPSA) is 57.9 Å². The monoisotopic (exact) mass is 196 g/mol. The van der Waals surface area contributed by atoms with Gasteiger partial charge in [-0.2, -0.15) is 0 Å². The van der Waals surface area contributed by atoms with Crippen molar-refractivity contribution in [2.75, 3.05) is 17.7 Å². The van der Waals surface area contributed by atoms with E-state index in [-0.39, 0.29) is 0 Å². The Morgan fingerprint density at radius 3 is 2.29 bits per heavy atom. The highest BCUT2D eigenvalue weighted by atomic mass is 15.2. The number of nitrogens with two attached hydrogens (primary N) is 1. The lowest BCUT2D eigenvalue weighted by atomic mass is 10.1. The number of hydrogen-bond acceptors (Lipinski definition) is 3. The molecule has 1 rings (SSSR count). The van der Waals surface area contributed by atoms with Crippen LogP contribution in [0, 0.1) is 12.8 Å². The van der Waals surface area contributed by atoms with E-state index in [2.05, 4.69) is 35.6 Å². The number of H-pyrrole nitrogens is 1. The molecule has 1 unspecified atom stereocenters. The van der Waals surface area contributed by atoms with Gasteiger partial charge >= 0.3 is 0 Å². The molecule has 1 aromatic heterocycles. The summed E-state index contributed by atoms with van der Waals surface area (Å²) in [6, 6.07) is 0.431. The molecule has 3 N–H and O–H groups in total. The largest absolute Gasteiger partial charge is 0.382 e. The van der Waals surface area contributed by atoms with Crippen LogP contribution in [-0.4, -0.2) is 23.1 Å². The fourth-order valence-electron chi connectivity index (χ4n) is 1.41. The molecule has 0 aliphatic carbocycles. The second kappa shape index (κ2) is 3.90. The van der Waals surface area contributed by atoms with Crippen LogP contribution in [-0.2, 0) is 0 Å². The molecule has 1 aromatic rings. The maximum absolute atomic E-state index is 5.82. The second-order valence-electron chi connectivity index (χ2n) is 4.16. The van der Waals surface area contributed by atoms with Crippen LogP contribution in [0.5, 0.6) is 0 Å². The van der Waals surface area contributed by atoms with E-state index in [1.807, 2.05) is 14.0 Å². The molecular formula is C10H20N4. The van der Waals surface area contributed by atoms with E-state index >= 15 is 0 Å². The van der Waals surface area contributed by atoms with Crippen molar-refractivity contribution in [1.29, 1.82) is 0 Å². The van der Waals surface area contributed by atoms with Crippen LogP contribution in [0.25, 0.3) is 0 Å². The lowest BCUT2D eigenvalue weighted by molar-refractivity contribution is 0.503. The molecule has 0 aromatic carbocycles. The summed E-state index contributed by atoms with van der Waals surface area (Å²) in [6.45, 7) is 8.47. The Labute approximate surface area is 85.5 Å². The van der Waals surface area contributed by atoms with Crippen LogP contribution in [0.3, 0.4) is 0 Å². The number of aromatic amines is 1. The Hall–Kier alpha value is -1.19. The second-order valence-corrected chi connectivity index (χ2v) is 4.16. The Morgan fingerprint density at radius 2 is 1.93 bits per heavy atom. The molecule has 1 heterocycles. The minimum absolute atomic E-state index is 0.431. The predicted molar refractivity (Wildman–Crippen MR) is 60.4 cm³/mol. The Balaban J connectivity index is 2.88. The van der Waals surface area contributed by atoms with Crippen molar-refractivity contribution in [3.8, 4) is 0 Å². The van der Waals surface area contributed by atoms with Gasteiger partial charge in [-0.25, -0.2) is 4.98 Å². The first kappa shape index (κ1) is 10.9. The van der Waals surface area contributed by atoms with Gasteiger partial charge in [0, 0.05) is 13.1 Å². The van der Waals surface area contributed by atoms with Crippen molar-refractivity contribution in [3.05, 3.63) is 5.82 Å². The number of nitrogen functional groups attached to an aromatic ring is 1. The van der Waals surface area contributed by atoms with Gasteiger partial charge in [0.15, 0.2) is 5.82 Å². The molecule has 80 valence electrons. The van der Waals surface area contributed by atoms with E-state index in [9.17, 15) is 0 Å². The Kier molecular flexibility index (Phi) is 3.03. The van der Waals surface area contributed by atoms with Crippen LogP contribution in [0.15, 0.2) is 0 Å². The third kappa shape index (κ3) is 2.00. The number of aromatic nitrogens is 2. The summed E-state index contributed by atoms with van der Waals surface area (Å²) in [5, 5.41) is 0. The first-order valence-corrected chi connectivity index (χ1v) is 4.98. The number of nitrogens with zero attached hydrogens (tertiary/aromatic N) is 2. The van der Waals surface area contributed by atoms with Gasteiger partial charge in [-0.15, -0.1) is 0 Å². The van der Waals surface area contributed by atoms with Crippen molar-refractivity contribution in [1.82, 2.24) is 9.97 Å². The smallest absolute Gasteiger partial charge is 0.171 e. The maximum Gasteiger partial charge on any atom is 0.171 e. The zero-order chi connectivity index (χ0) is 10.9. The van der Waals surface area contributed by atoms with Gasteiger partial charge in [0.2, 0.25) is 0 Å². The summed E-state index contributed by atoms with van der Waals surface area (Å²) in [5.74, 6) is 2.94. The number of nitrogens with one attached hydrogen (secondary N) is 1. The molecule has 0 aliphatic rings. The zero-order valence-corrected chi connectivity index (χ0v) is 9.63. The molecule has 0 saturated carbocycles. The van der Waals surface area contributed by atoms with Gasteiger partial charge in [0.05, 0.1) is 0 Å². The zero-order valence-electron chi connectivity index (χ0n) is 9.63. The summed E-state index contributed by atoms with van der Waals surface area (Å²) < 4.78 is 0. The molecule has 0 saturated heterocycles. The summed E-state index contributed by atoms with van der Waals surface area (Å²) in [4.78, 5) is 9.48. The summed E-state index contributed by atoms with van der Waals surface area (Å²) in [5.41, 5.74) is 5.82. The lowest BCUT2D eigenvalue weighted by Gasteiger charge is -2.28. The van der Waals surface area contributed by atoms with Crippen LogP contribution >= 0.6 is 0 Å². The standard InChI is InChI=1S/C10H20N4/c1-6(2)7(3)14(5)10-9(11)12-8(4)13-10/h6-7H,11H2,1-5H3,(H,12,13).